The topological polar surface area (TPSA) is 79.7 Å². The lowest BCUT2D eigenvalue weighted by atomic mass is 10.3. The first-order valence-corrected chi connectivity index (χ1v) is 8.19. The van der Waals surface area contributed by atoms with Crippen molar-refractivity contribution in [3.8, 4) is 0 Å². The monoisotopic (exact) mass is 330 g/mol. The highest BCUT2D eigenvalue weighted by atomic mass is 32.2. The summed E-state index contributed by atoms with van der Waals surface area (Å²) in [4.78, 5) is 22.7. The number of rotatable bonds is 5. The molecule has 0 aliphatic rings. The van der Waals surface area contributed by atoms with Crippen LogP contribution in [0.25, 0.3) is 11.0 Å². The molecule has 0 spiro atoms. The number of nitrogens with one attached hydrogen (secondary N) is 1. The fourth-order valence-corrected chi connectivity index (χ4v) is 3.04. The van der Waals surface area contributed by atoms with Crippen molar-refractivity contribution in [2.75, 3.05) is 12.8 Å². The molecule has 2 aromatic heterocycles. The van der Waals surface area contributed by atoms with Crippen molar-refractivity contribution in [1.82, 2.24) is 29.6 Å². The summed E-state index contributed by atoms with van der Waals surface area (Å²) in [5.74, 6) is 1.93. The Kier molecular flexibility index (Phi) is 4.33. The number of hydrogen-bond donors (Lipinski definition) is 1. The minimum absolute atomic E-state index is 0.0181. The van der Waals surface area contributed by atoms with Gasteiger partial charge in [-0.15, -0.1) is 5.10 Å². The number of benzene rings is 1. The highest BCUT2D eigenvalue weighted by molar-refractivity contribution is 7.99. The summed E-state index contributed by atoms with van der Waals surface area (Å²) in [5, 5.41) is 7.37. The van der Waals surface area contributed by atoms with Crippen LogP contribution in [0.2, 0.25) is 0 Å². The van der Waals surface area contributed by atoms with Gasteiger partial charge in [0.15, 0.2) is 0 Å². The maximum absolute atomic E-state index is 12.3. The zero-order valence-electron chi connectivity index (χ0n) is 13.3. The maximum Gasteiger partial charge on any atom is 0.233 e. The van der Waals surface area contributed by atoms with Crippen molar-refractivity contribution in [2.24, 2.45) is 7.05 Å². The standard InChI is InChI=1S/C15H18N6OS/c1-10-16-15(19-18-10)23-9-14(22)20(2)8-13-17-11-6-4-5-7-12(11)21(13)3/h4-7H,8-9H2,1-3H3,(H,16,18,19). The summed E-state index contributed by atoms with van der Waals surface area (Å²) < 4.78 is 2.02. The summed E-state index contributed by atoms with van der Waals surface area (Å²) in [6.45, 7) is 2.30. The van der Waals surface area contributed by atoms with Gasteiger partial charge in [0.1, 0.15) is 11.6 Å². The number of H-pyrrole nitrogens is 1. The Morgan fingerprint density at radius 3 is 2.83 bits per heavy atom. The van der Waals surface area contributed by atoms with Crippen LogP contribution in [0.3, 0.4) is 0 Å². The number of aromatic amines is 1. The van der Waals surface area contributed by atoms with Crippen molar-refractivity contribution in [3.05, 3.63) is 35.9 Å². The second kappa shape index (κ2) is 6.41. The Morgan fingerprint density at radius 2 is 2.13 bits per heavy atom. The predicted molar refractivity (Wildman–Crippen MR) is 89.0 cm³/mol. The molecule has 0 saturated heterocycles. The summed E-state index contributed by atoms with van der Waals surface area (Å²) in [7, 11) is 3.75. The summed E-state index contributed by atoms with van der Waals surface area (Å²) >= 11 is 1.33. The van der Waals surface area contributed by atoms with Crippen LogP contribution in [0.15, 0.2) is 29.4 Å². The molecule has 1 amide bonds. The van der Waals surface area contributed by atoms with Gasteiger partial charge in [0, 0.05) is 14.1 Å². The number of amides is 1. The molecule has 0 radical (unpaired) electrons. The number of nitrogens with zero attached hydrogens (tertiary/aromatic N) is 5. The molecule has 23 heavy (non-hydrogen) atoms. The molecular formula is C15H18N6OS. The zero-order valence-corrected chi connectivity index (χ0v) is 14.1. The van der Waals surface area contributed by atoms with Crippen LogP contribution in [0.5, 0.6) is 0 Å². The van der Waals surface area contributed by atoms with Crippen LogP contribution in [0, 0.1) is 6.92 Å². The Hall–Kier alpha value is -2.35. The molecule has 2 heterocycles. The smallest absolute Gasteiger partial charge is 0.233 e. The van der Waals surface area contributed by atoms with Gasteiger partial charge < -0.3 is 9.47 Å². The lowest BCUT2D eigenvalue weighted by Gasteiger charge is -2.16. The largest absolute Gasteiger partial charge is 0.338 e. The van der Waals surface area contributed by atoms with Crippen LogP contribution >= 0.6 is 11.8 Å². The molecule has 0 saturated carbocycles. The molecule has 0 unspecified atom stereocenters. The van der Waals surface area contributed by atoms with E-state index in [0.717, 1.165) is 22.7 Å². The number of fused-ring (bicyclic) bond motifs is 1. The van der Waals surface area contributed by atoms with Crippen LogP contribution in [0.4, 0.5) is 0 Å². The molecule has 120 valence electrons. The zero-order chi connectivity index (χ0) is 16.4. The number of para-hydroxylation sites is 2. The lowest BCUT2D eigenvalue weighted by Crippen LogP contribution is -2.29. The number of thioether (sulfide) groups is 1. The summed E-state index contributed by atoms with van der Waals surface area (Å²) in [6.07, 6.45) is 0. The van der Waals surface area contributed by atoms with Gasteiger partial charge in [-0.05, 0) is 19.1 Å². The number of aryl methyl sites for hydroxylation is 2. The van der Waals surface area contributed by atoms with Crippen molar-refractivity contribution < 1.29 is 4.79 Å². The molecule has 7 nitrogen and oxygen atoms in total. The van der Waals surface area contributed by atoms with E-state index in [1.807, 2.05) is 42.8 Å². The van der Waals surface area contributed by atoms with Gasteiger partial charge in [0.05, 0.1) is 23.3 Å². The first kappa shape index (κ1) is 15.5. The molecule has 3 aromatic rings. The third kappa shape index (κ3) is 3.37. The first-order valence-electron chi connectivity index (χ1n) is 7.20. The van der Waals surface area contributed by atoms with Gasteiger partial charge in [0.2, 0.25) is 11.1 Å². The fraction of sp³-hybridized carbons (Fsp3) is 0.333. The molecule has 1 aromatic carbocycles. The Bertz CT molecular complexity index is 839. The van der Waals surface area contributed by atoms with Gasteiger partial charge >= 0.3 is 0 Å². The average molecular weight is 330 g/mol. The van der Waals surface area contributed by atoms with Crippen LogP contribution in [0.1, 0.15) is 11.6 Å². The van der Waals surface area contributed by atoms with E-state index in [-0.39, 0.29) is 5.91 Å². The summed E-state index contributed by atoms with van der Waals surface area (Å²) in [6, 6.07) is 7.94. The maximum atomic E-state index is 12.3. The molecule has 0 bridgehead atoms. The third-order valence-corrected chi connectivity index (χ3v) is 4.42. The SMILES string of the molecule is Cc1nc(SCC(=O)N(C)Cc2nc3ccccc3n2C)n[nH]1. The van der Waals surface area contributed by atoms with E-state index in [0.29, 0.717) is 17.5 Å². The molecule has 0 atom stereocenters. The molecule has 0 fully saturated rings. The highest BCUT2D eigenvalue weighted by Crippen LogP contribution is 2.16. The lowest BCUT2D eigenvalue weighted by molar-refractivity contribution is -0.127. The first-order chi connectivity index (χ1) is 11.0. The van der Waals surface area contributed by atoms with Crippen molar-refractivity contribution in [2.45, 2.75) is 18.6 Å². The molecule has 0 aliphatic carbocycles. The van der Waals surface area contributed by atoms with Crippen molar-refractivity contribution in [1.29, 1.82) is 0 Å². The summed E-state index contributed by atoms with van der Waals surface area (Å²) in [5.41, 5.74) is 2.00. The number of carbonyl (C=O) groups is 1. The van der Waals surface area contributed by atoms with Crippen LogP contribution in [-0.2, 0) is 18.4 Å². The minimum atomic E-state index is 0.0181. The molecule has 1 N–H and O–H groups in total. The highest BCUT2D eigenvalue weighted by Gasteiger charge is 2.15. The van der Waals surface area contributed by atoms with Crippen LogP contribution < -0.4 is 0 Å². The van der Waals surface area contributed by atoms with E-state index in [4.69, 9.17) is 0 Å². The average Bonchev–Trinajstić information content (AvgIpc) is 3.09. The van der Waals surface area contributed by atoms with E-state index in [1.165, 1.54) is 11.8 Å². The second-order valence-corrected chi connectivity index (χ2v) is 6.26. The predicted octanol–water partition coefficient (Wildman–Crippen LogP) is 1.75. The van der Waals surface area contributed by atoms with E-state index in [9.17, 15) is 4.79 Å². The van der Waals surface area contributed by atoms with E-state index < -0.39 is 0 Å². The van der Waals surface area contributed by atoms with E-state index >= 15 is 0 Å². The number of hydrogen-bond acceptors (Lipinski definition) is 5. The molecular weight excluding hydrogens is 312 g/mol. The van der Waals surface area contributed by atoms with Gasteiger partial charge in [-0.25, -0.2) is 9.97 Å². The number of carbonyl (C=O) groups excluding carboxylic acids is 1. The quantitative estimate of drug-likeness (QED) is 0.721. The van der Waals surface area contributed by atoms with Gasteiger partial charge in [-0.3, -0.25) is 9.89 Å². The third-order valence-electron chi connectivity index (χ3n) is 3.59. The van der Waals surface area contributed by atoms with Crippen LogP contribution in [-0.4, -0.2) is 48.3 Å². The van der Waals surface area contributed by atoms with Crippen molar-refractivity contribution >= 4 is 28.7 Å². The number of imidazole rings is 1. The molecule has 3 rings (SSSR count). The number of aromatic nitrogens is 5. The molecule has 8 heteroatoms. The molecule has 0 aliphatic heterocycles. The van der Waals surface area contributed by atoms with E-state index in [1.54, 1.807) is 11.9 Å². The Morgan fingerprint density at radius 1 is 1.35 bits per heavy atom. The van der Waals surface area contributed by atoms with Gasteiger partial charge in [-0.1, -0.05) is 23.9 Å². The van der Waals surface area contributed by atoms with Crippen molar-refractivity contribution in [3.63, 3.8) is 0 Å². The van der Waals surface area contributed by atoms with Gasteiger partial charge in [0.25, 0.3) is 0 Å². The Labute approximate surface area is 138 Å². The Balaban J connectivity index is 1.64. The van der Waals surface area contributed by atoms with E-state index in [2.05, 4.69) is 20.2 Å². The minimum Gasteiger partial charge on any atom is -0.338 e. The second-order valence-electron chi connectivity index (χ2n) is 5.32. The van der Waals surface area contributed by atoms with Gasteiger partial charge in [-0.2, -0.15) is 0 Å². The normalized spacial score (nSPS) is 11.1. The fourth-order valence-electron chi connectivity index (χ4n) is 2.26.